The van der Waals surface area contributed by atoms with Gasteiger partial charge < -0.3 is 4.98 Å². The fourth-order valence-corrected chi connectivity index (χ4v) is 3.21. The van der Waals surface area contributed by atoms with Gasteiger partial charge in [-0.05, 0) is 59.0 Å². The van der Waals surface area contributed by atoms with E-state index in [1.807, 2.05) is 30.3 Å². The van der Waals surface area contributed by atoms with E-state index in [2.05, 4.69) is 43.5 Å². The van der Waals surface area contributed by atoms with E-state index in [0.29, 0.717) is 16.1 Å². The Bertz CT molecular complexity index is 828. The van der Waals surface area contributed by atoms with Crippen molar-refractivity contribution >= 4 is 66.8 Å². The van der Waals surface area contributed by atoms with E-state index in [9.17, 15) is 4.79 Å². The highest BCUT2D eigenvalue weighted by atomic mass is 127. The van der Waals surface area contributed by atoms with Gasteiger partial charge in [0.1, 0.15) is 0 Å². The zero-order valence-corrected chi connectivity index (χ0v) is 14.6. The molecule has 2 nitrogen and oxygen atoms in total. The highest BCUT2D eigenvalue weighted by Crippen LogP contribution is 2.27. The standard InChI is InChI=1S/C15H8BrClINO/c16-8-1-3-13(18)11(5-8)15(20)12-7-19-14-4-2-9(17)6-10(12)14/h1-7,19H. The molecule has 1 aromatic heterocycles. The summed E-state index contributed by atoms with van der Waals surface area (Å²) in [6.45, 7) is 0. The fraction of sp³-hybridized carbons (Fsp3) is 0. The number of carbonyl (C=O) groups excluding carboxylic acids is 1. The van der Waals surface area contributed by atoms with Crippen LogP contribution in [0.3, 0.4) is 0 Å². The molecule has 3 aromatic rings. The third-order valence-electron chi connectivity index (χ3n) is 3.06. The summed E-state index contributed by atoms with van der Waals surface area (Å²) in [5.74, 6) is -0.00998. The first-order chi connectivity index (χ1) is 9.56. The first kappa shape index (κ1) is 14.1. The monoisotopic (exact) mass is 459 g/mol. The molecule has 2 aromatic carbocycles. The van der Waals surface area contributed by atoms with Gasteiger partial charge in [0.05, 0.1) is 0 Å². The van der Waals surface area contributed by atoms with Crippen molar-refractivity contribution in [1.29, 1.82) is 0 Å². The van der Waals surface area contributed by atoms with Gasteiger partial charge in [0.2, 0.25) is 0 Å². The van der Waals surface area contributed by atoms with E-state index >= 15 is 0 Å². The quantitative estimate of drug-likeness (QED) is 0.402. The molecule has 0 fully saturated rings. The summed E-state index contributed by atoms with van der Waals surface area (Å²) in [6, 6.07) is 11.2. The summed E-state index contributed by atoms with van der Waals surface area (Å²) in [7, 11) is 0. The average molecular weight is 460 g/mol. The fourth-order valence-electron chi connectivity index (χ4n) is 2.10. The normalized spacial score (nSPS) is 10.9. The van der Waals surface area contributed by atoms with Crippen LogP contribution >= 0.6 is 50.1 Å². The van der Waals surface area contributed by atoms with Crippen LogP contribution in [-0.2, 0) is 0 Å². The van der Waals surface area contributed by atoms with E-state index in [1.165, 1.54) is 0 Å². The first-order valence-electron chi connectivity index (χ1n) is 5.82. The number of aromatic amines is 1. The van der Waals surface area contributed by atoms with Crippen molar-refractivity contribution in [2.45, 2.75) is 0 Å². The number of hydrogen-bond donors (Lipinski definition) is 1. The van der Waals surface area contributed by atoms with Crippen LogP contribution in [0.2, 0.25) is 5.02 Å². The van der Waals surface area contributed by atoms with E-state index in [1.54, 1.807) is 12.3 Å². The number of aromatic nitrogens is 1. The molecule has 1 heterocycles. The molecule has 0 bridgehead atoms. The Hall–Kier alpha value is -0.850. The van der Waals surface area contributed by atoms with Crippen LogP contribution in [0.1, 0.15) is 15.9 Å². The number of nitrogens with one attached hydrogen (secondary N) is 1. The molecule has 0 spiro atoms. The second-order valence-corrected chi connectivity index (χ2v) is 6.86. The van der Waals surface area contributed by atoms with Gasteiger partial charge in [-0.2, -0.15) is 0 Å². The molecule has 20 heavy (non-hydrogen) atoms. The molecule has 0 aliphatic carbocycles. The van der Waals surface area contributed by atoms with E-state index in [-0.39, 0.29) is 5.78 Å². The Kier molecular flexibility index (Phi) is 3.88. The van der Waals surface area contributed by atoms with Gasteiger partial charge in [-0.3, -0.25) is 4.79 Å². The summed E-state index contributed by atoms with van der Waals surface area (Å²) in [4.78, 5) is 15.8. The van der Waals surface area contributed by atoms with Crippen LogP contribution in [0.15, 0.2) is 47.1 Å². The number of carbonyl (C=O) groups is 1. The van der Waals surface area contributed by atoms with Crippen molar-refractivity contribution in [2.75, 3.05) is 0 Å². The number of benzene rings is 2. The Morgan fingerprint density at radius 2 is 1.95 bits per heavy atom. The van der Waals surface area contributed by atoms with Crippen LogP contribution in [-0.4, -0.2) is 10.8 Å². The van der Waals surface area contributed by atoms with Gasteiger partial charge in [0.25, 0.3) is 0 Å². The molecule has 0 saturated carbocycles. The van der Waals surface area contributed by atoms with Gasteiger partial charge >= 0.3 is 0 Å². The molecule has 1 N–H and O–H groups in total. The van der Waals surface area contributed by atoms with E-state index in [4.69, 9.17) is 11.6 Å². The predicted molar refractivity (Wildman–Crippen MR) is 93.6 cm³/mol. The number of halogens is 3. The highest BCUT2D eigenvalue weighted by Gasteiger charge is 2.17. The van der Waals surface area contributed by atoms with Gasteiger partial charge in [0, 0.05) is 41.3 Å². The summed E-state index contributed by atoms with van der Waals surface area (Å²) < 4.78 is 1.81. The minimum absolute atomic E-state index is 0.00998. The molecule has 3 rings (SSSR count). The Morgan fingerprint density at radius 1 is 1.15 bits per heavy atom. The number of fused-ring (bicyclic) bond motifs is 1. The molecule has 0 aliphatic heterocycles. The zero-order chi connectivity index (χ0) is 14.3. The second kappa shape index (κ2) is 5.50. The van der Waals surface area contributed by atoms with Crippen LogP contribution < -0.4 is 0 Å². The third kappa shape index (κ3) is 2.52. The minimum Gasteiger partial charge on any atom is -0.360 e. The lowest BCUT2D eigenvalue weighted by molar-refractivity contribution is 0.103. The van der Waals surface area contributed by atoms with Crippen molar-refractivity contribution in [1.82, 2.24) is 4.98 Å². The Labute approximate surface area is 142 Å². The number of rotatable bonds is 2. The first-order valence-corrected chi connectivity index (χ1v) is 8.07. The maximum Gasteiger partial charge on any atom is 0.196 e. The average Bonchev–Trinajstić information content (AvgIpc) is 2.83. The summed E-state index contributed by atoms with van der Waals surface area (Å²) in [5, 5.41) is 1.47. The summed E-state index contributed by atoms with van der Waals surface area (Å²) >= 11 is 11.6. The Balaban J connectivity index is 2.17. The van der Waals surface area contributed by atoms with Gasteiger partial charge in [-0.15, -0.1) is 0 Å². The van der Waals surface area contributed by atoms with E-state index < -0.39 is 0 Å². The van der Waals surface area contributed by atoms with Crippen molar-refractivity contribution in [3.8, 4) is 0 Å². The Morgan fingerprint density at radius 3 is 2.75 bits per heavy atom. The van der Waals surface area contributed by atoms with Crippen LogP contribution in [0, 0.1) is 3.57 Å². The molecule has 100 valence electrons. The zero-order valence-electron chi connectivity index (χ0n) is 10.1. The second-order valence-electron chi connectivity index (χ2n) is 4.35. The maximum absolute atomic E-state index is 12.7. The lowest BCUT2D eigenvalue weighted by atomic mass is 10.0. The molecule has 0 radical (unpaired) electrons. The van der Waals surface area contributed by atoms with Gasteiger partial charge in [0.15, 0.2) is 5.78 Å². The van der Waals surface area contributed by atoms with Gasteiger partial charge in [-0.1, -0.05) is 27.5 Å². The highest BCUT2D eigenvalue weighted by molar-refractivity contribution is 14.1. The van der Waals surface area contributed by atoms with Crippen LogP contribution in [0.25, 0.3) is 10.9 Å². The molecule has 0 aliphatic rings. The third-order valence-corrected chi connectivity index (χ3v) is 4.73. The van der Waals surface area contributed by atoms with Crippen LogP contribution in [0.5, 0.6) is 0 Å². The number of H-pyrrole nitrogens is 1. The molecular weight excluding hydrogens is 452 g/mol. The lowest BCUT2D eigenvalue weighted by Crippen LogP contribution is -2.03. The van der Waals surface area contributed by atoms with Crippen LogP contribution in [0.4, 0.5) is 0 Å². The molecule has 5 heteroatoms. The largest absolute Gasteiger partial charge is 0.360 e. The van der Waals surface area contributed by atoms with Crippen molar-refractivity contribution in [3.63, 3.8) is 0 Å². The topological polar surface area (TPSA) is 32.9 Å². The number of ketones is 1. The molecule has 0 amide bonds. The van der Waals surface area contributed by atoms with Crippen molar-refractivity contribution < 1.29 is 4.79 Å². The smallest absolute Gasteiger partial charge is 0.196 e. The summed E-state index contributed by atoms with van der Waals surface area (Å²) in [5.41, 5.74) is 2.22. The lowest BCUT2D eigenvalue weighted by Gasteiger charge is -2.04. The van der Waals surface area contributed by atoms with Gasteiger partial charge in [-0.25, -0.2) is 0 Å². The molecule has 0 atom stereocenters. The number of hydrogen-bond acceptors (Lipinski definition) is 1. The predicted octanol–water partition coefficient (Wildman–Crippen LogP) is 5.42. The maximum atomic E-state index is 12.7. The molecule has 0 unspecified atom stereocenters. The molecule has 0 saturated heterocycles. The van der Waals surface area contributed by atoms with Crippen molar-refractivity contribution in [2.24, 2.45) is 0 Å². The minimum atomic E-state index is -0.00998. The van der Waals surface area contributed by atoms with Crippen molar-refractivity contribution in [3.05, 3.63) is 66.8 Å². The molecular formula is C15H8BrClINO. The van der Waals surface area contributed by atoms with E-state index in [0.717, 1.165) is 18.9 Å². The SMILES string of the molecule is O=C(c1cc(Br)ccc1I)c1c[nH]c2ccc(Cl)cc12. The summed E-state index contributed by atoms with van der Waals surface area (Å²) in [6.07, 6.45) is 1.74.